The third-order valence-electron chi connectivity index (χ3n) is 2.90. The van der Waals surface area contributed by atoms with E-state index in [9.17, 15) is 14.5 Å². The minimum Gasteiger partial charge on any atom is -0.462 e. The van der Waals surface area contributed by atoms with Gasteiger partial charge in [0.25, 0.3) is 5.91 Å². The second-order valence-electron chi connectivity index (χ2n) is 4.36. The van der Waals surface area contributed by atoms with E-state index in [-0.39, 0.29) is 23.4 Å². The van der Waals surface area contributed by atoms with Crippen molar-refractivity contribution in [3.63, 3.8) is 0 Å². The normalized spacial score (nSPS) is 9.86. The predicted molar refractivity (Wildman–Crippen MR) is 82.2 cm³/mol. The Morgan fingerprint density at radius 2 is 1.68 bits per heavy atom. The van der Waals surface area contributed by atoms with Crippen molar-refractivity contribution in [2.75, 3.05) is 11.9 Å². The largest absolute Gasteiger partial charge is 0.462 e. The number of hydrogen-bond donors (Lipinski definition) is 1. The Bertz CT molecular complexity index is 696. The molecule has 6 heteroatoms. The van der Waals surface area contributed by atoms with E-state index < -0.39 is 11.9 Å². The van der Waals surface area contributed by atoms with E-state index in [4.69, 9.17) is 4.74 Å². The van der Waals surface area contributed by atoms with E-state index >= 15 is 0 Å². The Hall–Kier alpha value is -3.02. The van der Waals surface area contributed by atoms with Crippen LogP contribution in [0.4, 0.5) is 11.4 Å². The summed E-state index contributed by atoms with van der Waals surface area (Å²) in [7, 11) is 0. The Balaban J connectivity index is 2.21. The fourth-order valence-corrected chi connectivity index (χ4v) is 1.87. The van der Waals surface area contributed by atoms with Crippen molar-refractivity contribution >= 4 is 23.3 Å². The summed E-state index contributed by atoms with van der Waals surface area (Å²) in [5, 5.41) is 5.44. The lowest BCUT2D eigenvalue weighted by Crippen LogP contribution is -2.17. The lowest BCUT2D eigenvalue weighted by molar-refractivity contribution is 0.0523. The van der Waals surface area contributed by atoms with E-state index in [2.05, 4.69) is 10.5 Å². The summed E-state index contributed by atoms with van der Waals surface area (Å²) >= 11 is 0. The fraction of sp³-hybridized carbons (Fsp3) is 0.125. The molecule has 0 aliphatic heterocycles. The van der Waals surface area contributed by atoms with Crippen LogP contribution in [0.2, 0.25) is 0 Å². The number of amides is 1. The summed E-state index contributed by atoms with van der Waals surface area (Å²) in [6, 6.07) is 12.5. The first-order valence-electron chi connectivity index (χ1n) is 6.66. The number of nitroso groups, excluding NO2 is 1. The van der Waals surface area contributed by atoms with Gasteiger partial charge in [0.05, 0.1) is 17.7 Å². The van der Waals surface area contributed by atoms with Crippen LogP contribution in [0.5, 0.6) is 0 Å². The van der Waals surface area contributed by atoms with Gasteiger partial charge in [-0.3, -0.25) is 4.79 Å². The standard InChI is InChI=1S/C16H14N2O4/c1-2-22-16(20)14-6-4-3-5-13(14)15(19)17-11-7-9-12(18-21)10-8-11/h3-10H,2H2,1H3,(H,17,19). The van der Waals surface area contributed by atoms with E-state index in [0.29, 0.717) is 5.69 Å². The summed E-state index contributed by atoms with van der Waals surface area (Å²) in [6.07, 6.45) is 0. The van der Waals surface area contributed by atoms with Gasteiger partial charge in [0.1, 0.15) is 5.69 Å². The first-order valence-corrected chi connectivity index (χ1v) is 6.66. The summed E-state index contributed by atoms with van der Waals surface area (Å²) in [5.74, 6) is -0.982. The van der Waals surface area contributed by atoms with Gasteiger partial charge in [-0.05, 0) is 48.5 Å². The molecule has 112 valence electrons. The maximum Gasteiger partial charge on any atom is 0.338 e. The van der Waals surface area contributed by atoms with Crippen molar-refractivity contribution in [2.45, 2.75) is 6.92 Å². The highest BCUT2D eigenvalue weighted by Crippen LogP contribution is 2.18. The molecule has 0 aliphatic rings. The molecule has 2 rings (SSSR count). The van der Waals surface area contributed by atoms with Crippen LogP contribution in [0.25, 0.3) is 0 Å². The van der Waals surface area contributed by atoms with Crippen molar-refractivity contribution < 1.29 is 14.3 Å². The second kappa shape index (κ2) is 7.12. The van der Waals surface area contributed by atoms with Gasteiger partial charge in [-0.2, -0.15) is 0 Å². The highest BCUT2D eigenvalue weighted by atomic mass is 16.5. The SMILES string of the molecule is CCOC(=O)c1ccccc1C(=O)Nc1ccc(N=O)cc1. The minimum atomic E-state index is -0.547. The molecule has 0 bridgehead atoms. The van der Waals surface area contributed by atoms with Crippen molar-refractivity contribution in [3.05, 3.63) is 64.6 Å². The van der Waals surface area contributed by atoms with Gasteiger partial charge in [0.15, 0.2) is 0 Å². The molecule has 0 aromatic heterocycles. The van der Waals surface area contributed by atoms with Gasteiger partial charge >= 0.3 is 5.97 Å². The van der Waals surface area contributed by atoms with Crippen molar-refractivity contribution in [2.24, 2.45) is 5.18 Å². The molecular formula is C16H14N2O4. The van der Waals surface area contributed by atoms with Crippen LogP contribution >= 0.6 is 0 Å². The quantitative estimate of drug-likeness (QED) is 0.676. The number of benzene rings is 2. The number of hydrogen-bond acceptors (Lipinski definition) is 5. The van der Waals surface area contributed by atoms with E-state index in [1.807, 2.05) is 0 Å². The molecule has 0 radical (unpaired) electrons. The smallest absolute Gasteiger partial charge is 0.338 e. The number of rotatable bonds is 5. The second-order valence-corrected chi connectivity index (χ2v) is 4.36. The number of carbonyl (C=O) groups excluding carboxylic acids is 2. The maximum atomic E-state index is 12.3. The van der Waals surface area contributed by atoms with Crippen molar-refractivity contribution in [1.29, 1.82) is 0 Å². The van der Waals surface area contributed by atoms with Crippen LogP contribution in [0.3, 0.4) is 0 Å². The van der Waals surface area contributed by atoms with Crippen LogP contribution in [-0.4, -0.2) is 18.5 Å². The molecule has 0 saturated carbocycles. The van der Waals surface area contributed by atoms with Crippen LogP contribution in [0.15, 0.2) is 53.7 Å². The first-order chi connectivity index (χ1) is 10.7. The van der Waals surface area contributed by atoms with Crippen LogP contribution in [-0.2, 0) is 4.74 Å². The summed E-state index contributed by atoms with van der Waals surface area (Å²) in [4.78, 5) is 34.5. The first kappa shape index (κ1) is 15.4. The topological polar surface area (TPSA) is 84.8 Å². The third kappa shape index (κ3) is 3.54. The molecule has 2 aromatic carbocycles. The summed E-state index contributed by atoms with van der Waals surface area (Å²) < 4.78 is 4.93. The number of nitrogens with one attached hydrogen (secondary N) is 1. The Morgan fingerprint density at radius 3 is 2.27 bits per heavy atom. The van der Waals surface area contributed by atoms with Gasteiger partial charge in [-0.15, -0.1) is 4.91 Å². The van der Waals surface area contributed by atoms with Crippen molar-refractivity contribution in [3.8, 4) is 0 Å². The van der Waals surface area contributed by atoms with E-state index in [1.54, 1.807) is 37.3 Å². The average Bonchev–Trinajstić information content (AvgIpc) is 2.55. The van der Waals surface area contributed by atoms with Crippen LogP contribution in [0.1, 0.15) is 27.6 Å². The lowest BCUT2D eigenvalue weighted by Gasteiger charge is -2.09. The molecule has 1 amide bonds. The number of carbonyl (C=O) groups is 2. The zero-order valence-electron chi connectivity index (χ0n) is 11.9. The molecule has 1 N–H and O–H groups in total. The number of anilines is 1. The summed E-state index contributed by atoms with van der Waals surface area (Å²) in [5.41, 5.74) is 1.19. The monoisotopic (exact) mass is 298 g/mol. The molecular weight excluding hydrogens is 284 g/mol. The molecule has 0 fully saturated rings. The molecule has 0 unspecified atom stereocenters. The number of ether oxygens (including phenoxy) is 1. The highest BCUT2D eigenvalue weighted by molar-refractivity contribution is 6.11. The van der Waals surface area contributed by atoms with E-state index in [1.165, 1.54) is 18.2 Å². The molecule has 0 saturated heterocycles. The summed E-state index contributed by atoms with van der Waals surface area (Å²) in [6.45, 7) is 1.93. The Labute approximate surface area is 127 Å². The molecule has 0 heterocycles. The Morgan fingerprint density at radius 1 is 1.05 bits per heavy atom. The van der Waals surface area contributed by atoms with Gasteiger partial charge in [-0.25, -0.2) is 4.79 Å². The molecule has 6 nitrogen and oxygen atoms in total. The van der Waals surface area contributed by atoms with Crippen molar-refractivity contribution in [1.82, 2.24) is 0 Å². The predicted octanol–water partition coefficient (Wildman–Crippen LogP) is 3.51. The lowest BCUT2D eigenvalue weighted by atomic mass is 10.1. The third-order valence-corrected chi connectivity index (χ3v) is 2.90. The molecule has 0 spiro atoms. The molecule has 0 atom stereocenters. The maximum absolute atomic E-state index is 12.3. The van der Waals surface area contributed by atoms with E-state index in [0.717, 1.165) is 0 Å². The number of nitrogens with zero attached hydrogens (tertiary/aromatic N) is 1. The molecule has 0 aliphatic carbocycles. The molecule has 22 heavy (non-hydrogen) atoms. The Kier molecular flexibility index (Phi) is 4.98. The van der Waals surface area contributed by atoms with Gasteiger partial charge in [-0.1, -0.05) is 12.1 Å². The van der Waals surface area contributed by atoms with Gasteiger partial charge < -0.3 is 10.1 Å². The number of esters is 1. The van der Waals surface area contributed by atoms with Gasteiger partial charge in [0.2, 0.25) is 0 Å². The average molecular weight is 298 g/mol. The zero-order chi connectivity index (χ0) is 15.9. The van der Waals surface area contributed by atoms with Gasteiger partial charge in [0, 0.05) is 5.69 Å². The van der Waals surface area contributed by atoms with Crippen LogP contribution in [0, 0.1) is 4.91 Å². The minimum absolute atomic E-state index is 0.202. The zero-order valence-corrected chi connectivity index (χ0v) is 11.9. The van der Waals surface area contributed by atoms with Crippen LogP contribution < -0.4 is 5.32 Å². The highest BCUT2D eigenvalue weighted by Gasteiger charge is 2.17. The molecule has 2 aromatic rings. The fourth-order valence-electron chi connectivity index (χ4n) is 1.87.